The summed E-state index contributed by atoms with van der Waals surface area (Å²) < 4.78 is 10.2. The Morgan fingerprint density at radius 2 is 1.00 bits per heavy atom. The number of para-hydroxylation sites is 2. The number of esters is 1. The van der Waals surface area contributed by atoms with E-state index < -0.39 is 17.6 Å². The van der Waals surface area contributed by atoms with Crippen molar-refractivity contribution in [2.24, 2.45) is 0 Å². The topological polar surface area (TPSA) is 88.2 Å². The van der Waals surface area contributed by atoms with Crippen LogP contribution in [0, 0.1) is 0 Å². The second kappa shape index (κ2) is 41.6. The first kappa shape index (κ1) is 61.8. The minimum absolute atomic E-state index is 0.273. The first-order chi connectivity index (χ1) is 26.1. The third-order valence-corrected chi connectivity index (χ3v) is 6.77. The zero-order valence-corrected chi connectivity index (χ0v) is 38.7. The molecule has 54 heavy (non-hydrogen) atoms. The molecule has 0 saturated heterocycles. The molecule has 8 nitrogen and oxygen atoms in total. The van der Waals surface area contributed by atoms with Crippen molar-refractivity contribution >= 4 is 29.3 Å². The average Bonchev–Trinajstić information content (AvgIpc) is 3.27. The SMILES string of the molecule is CC.CC.CC.CC.CC.CC.CC.CC.COC(=O)C(OC)C(C)(C)N(C)C(=O)c1ccc(C(C)N(C(=O)Nc2ccccc2)c2ccccc2)cc1. The van der Waals surface area contributed by atoms with Gasteiger partial charge >= 0.3 is 12.0 Å². The van der Waals surface area contributed by atoms with Gasteiger partial charge in [-0.15, -0.1) is 0 Å². The van der Waals surface area contributed by atoms with Gasteiger partial charge in [-0.2, -0.15) is 0 Å². The minimum Gasteiger partial charge on any atom is -0.467 e. The number of hydrogen-bond acceptors (Lipinski definition) is 5. The largest absolute Gasteiger partial charge is 0.467 e. The number of carbonyl (C=O) groups excluding carboxylic acids is 3. The zero-order valence-electron chi connectivity index (χ0n) is 38.7. The Kier molecular flexibility index (Phi) is 47.6. The van der Waals surface area contributed by atoms with Crippen LogP contribution in [-0.4, -0.2) is 55.7 Å². The number of ether oxygens (including phenoxy) is 2. The highest BCUT2D eigenvalue weighted by Gasteiger charge is 2.42. The van der Waals surface area contributed by atoms with Crippen LogP contribution in [0.15, 0.2) is 84.9 Å². The standard InChI is InChI=1S/C30H35N3O5.8C2H6/c1-21(33(25-15-11-8-12-16-25)29(36)31-24-13-9-7-10-14-24)22-17-19-23(20-18-22)27(34)32(4)30(2,3)26(37-5)28(35)38-6;8*1-2/h7-21,26H,1-6H3,(H,31,36);8*1-2H3. The molecule has 1 N–H and O–H groups in total. The maximum Gasteiger partial charge on any atom is 0.337 e. The van der Waals surface area contributed by atoms with E-state index in [1.54, 1.807) is 37.9 Å². The predicted molar refractivity (Wildman–Crippen MR) is 239 cm³/mol. The predicted octanol–water partition coefficient (Wildman–Crippen LogP) is 13.7. The highest BCUT2D eigenvalue weighted by molar-refractivity contribution is 6.02. The molecule has 0 bridgehead atoms. The number of amides is 3. The number of methoxy groups -OCH3 is 2. The van der Waals surface area contributed by atoms with Crippen molar-refractivity contribution in [2.45, 2.75) is 149 Å². The lowest BCUT2D eigenvalue weighted by molar-refractivity contribution is -0.159. The first-order valence-corrected chi connectivity index (χ1v) is 20.3. The molecule has 0 aliphatic carbocycles. The number of nitrogens with zero attached hydrogens (tertiary/aromatic N) is 2. The number of anilines is 2. The fraction of sp³-hybridized carbons (Fsp3) is 0.543. The van der Waals surface area contributed by atoms with Gasteiger partial charge in [-0.1, -0.05) is 159 Å². The third-order valence-electron chi connectivity index (χ3n) is 6.77. The fourth-order valence-corrected chi connectivity index (χ4v) is 4.28. The van der Waals surface area contributed by atoms with Gasteiger partial charge in [-0.05, 0) is 62.7 Å². The van der Waals surface area contributed by atoms with Crippen LogP contribution in [0.1, 0.15) is 154 Å². The molecule has 2 unspecified atom stereocenters. The molecule has 3 aromatic rings. The molecule has 0 spiro atoms. The Morgan fingerprint density at radius 1 is 0.611 bits per heavy atom. The van der Waals surface area contributed by atoms with Crippen LogP contribution >= 0.6 is 0 Å². The number of benzene rings is 3. The molecular weight excluding hydrogens is 675 g/mol. The lowest BCUT2D eigenvalue weighted by Crippen LogP contribution is -2.56. The van der Waals surface area contributed by atoms with Crippen LogP contribution in [-0.2, 0) is 14.3 Å². The first-order valence-electron chi connectivity index (χ1n) is 20.3. The summed E-state index contributed by atoms with van der Waals surface area (Å²) in [6, 6.07) is 25.2. The molecule has 0 saturated carbocycles. The zero-order chi connectivity index (χ0) is 43.9. The van der Waals surface area contributed by atoms with Crippen molar-refractivity contribution in [1.82, 2.24) is 4.90 Å². The van der Waals surface area contributed by atoms with Crippen LogP contribution in [0.5, 0.6) is 0 Å². The van der Waals surface area contributed by atoms with E-state index in [1.165, 1.54) is 19.1 Å². The third kappa shape index (κ3) is 21.5. The number of likely N-dealkylation sites (N-methyl/N-ethyl adjacent to an activating group) is 1. The van der Waals surface area contributed by atoms with Gasteiger partial charge in [0.1, 0.15) is 0 Å². The van der Waals surface area contributed by atoms with Gasteiger partial charge in [0, 0.05) is 31.1 Å². The second-order valence-electron chi connectivity index (χ2n) is 9.46. The Labute approximate surface area is 334 Å². The summed E-state index contributed by atoms with van der Waals surface area (Å²) in [6.45, 7) is 37.4. The molecule has 0 fully saturated rings. The quantitative estimate of drug-likeness (QED) is 0.220. The van der Waals surface area contributed by atoms with Crippen molar-refractivity contribution < 1.29 is 23.9 Å². The Bertz CT molecular complexity index is 1230. The van der Waals surface area contributed by atoms with Crippen LogP contribution in [0.4, 0.5) is 16.2 Å². The number of carbonyl (C=O) groups is 3. The molecule has 3 aromatic carbocycles. The van der Waals surface area contributed by atoms with Gasteiger partial charge in [0.2, 0.25) is 0 Å². The molecule has 3 rings (SSSR count). The molecule has 0 heterocycles. The molecule has 312 valence electrons. The number of urea groups is 1. The van der Waals surface area contributed by atoms with E-state index in [0.717, 1.165) is 11.3 Å². The maximum absolute atomic E-state index is 13.4. The number of nitrogens with one attached hydrogen (secondary N) is 1. The van der Waals surface area contributed by atoms with E-state index in [0.29, 0.717) is 11.3 Å². The van der Waals surface area contributed by atoms with E-state index in [9.17, 15) is 14.4 Å². The molecule has 8 heteroatoms. The van der Waals surface area contributed by atoms with Gasteiger partial charge in [0.25, 0.3) is 5.91 Å². The molecular formula is C46H83N3O5. The highest BCUT2D eigenvalue weighted by Crippen LogP contribution is 2.29. The van der Waals surface area contributed by atoms with Gasteiger partial charge in [-0.25, -0.2) is 9.59 Å². The van der Waals surface area contributed by atoms with Crippen molar-refractivity contribution in [3.05, 3.63) is 96.1 Å². The van der Waals surface area contributed by atoms with Gasteiger partial charge in [-0.3, -0.25) is 9.69 Å². The van der Waals surface area contributed by atoms with Crippen molar-refractivity contribution in [1.29, 1.82) is 0 Å². The Balaban J connectivity index is -0.000000318. The van der Waals surface area contributed by atoms with Gasteiger partial charge in [0.05, 0.1) is 18.7 Å². The molecule has 0 aliphatic rings. The highest BCUT2D eigenvalue weighted by atomic mass is 16.6. The molecule has 0 radical (unpaired) electrons. The summed E-state index contributed by atoms with van der Waals surface area (Å²) in [5.41, 5.74) is 1.75. The smallest absolute Gasteiger partial charge is 0.337 e. The van der Waals surface area contributed by atoms with Crippen LogP contribution in [0.2, 0.25) is 0 Å². The van der Waals surface area contributed by atoms with E-state index in [4.69, 9.17) is 9.47 Å². The van der Waals surface area contributed by atoms with E-state index in [-0.39, 0.29) is 18.0 Å². The van der Waals surface area contributed by atoms with Crippen LogP contribution in [0.25, 0.3) is 0 Å². The lowest BCUT2D eigenvalue weighted by atomic mass is 9.94. The molecule has 0 aliphatic heterocycles. The summed E-state index contributed by atoms with van der Waals surface area (Å²) >= 11 is 0. The van der Waals surface area contributed by atoms with Crippen molar-refractivity contribution in [3.8, 4) is 0 Å². The molecule has 0 aromatic heterocycles. The van der Waals surface area contributed by atoms with Crippen LogP contribution in [0.3, 0.4) is 0 Å². The molecule has 2 atom stereocenters. The van der Waals surface area contributed by atoms with Gasteiger partial charge in [0.15, 0.2) is 6.10 Å². The van der Waals surface area contributed by atoms with Gasteiger partial charge < -0.3 is 19.7 Å². The van der Waals surface area contributed by atoms with Crippen LogP contribution < -0.4 is 10.2 Å². The fourth-order valence-electron chi connectivity index (χ4n) is 4.28. The minimum atomic E-state index is -0.968. The normalized spacial score (nSPS) is 9.81. The summed E-state index contributed by atoms with van der Waals surface area (Å²) in [7, 11) is 4.31. The summed E-state index contributed by atoms with van der Waals surface area (Å²) in [4.78, 5) is 42.0. The average molecular weight is 758 g/mol. The Hall–Kier alpha value is -4.17. The van der Waals surface area contributed by atoms with Crippen molar-refractivity contribution in [3.63, 3.8) is 0 Å². The number of hydrogen-bond donors (Lipinski definition) is 1. The second-order valence-corrected chi connectivity index (χ2v) is 9.46. The Morgan fingerprint density at radius 3 is 1.37 bits per heavy atom. The summed E-state index contributed by atoms with van der Waals surface area (Å²) in [5.74, 6) is -0.835. The van der Waals surface area contributed by atoms with E-state index >= 15 is 0 Å². The molecule has 3 amide bonds. The number of rotatable bonds is 9. The van der Waals surface area contributed by atoms with Crippen molar-refractivity contribution in [2.75, 3.05) is 31.5 Å². The van der Waals surface area contributed by atoms with E-state index in [2.05, 4.69) is 5.32 Å². The lowest BCUT2D eigenvalue weighted by Gasteiger charge is -2.39. The maximum atomic E-state index is 13.4. The monoisotopic (exact) mass is 758 g/mol. The summed E-state index contributed by atoms with van der Waals surface area (Å²) in [5, 5.41) is 2.96. The van der Waals surface area contributed by atoms with E-state index in [1.807, 2.05) is 190 Å². The summed E-state index contributed by atoms with van der Waals surface area (Å²) in [6.07, 6.45) is -0.955.